The van der Waals surface area contributed by atoms with E-state index in [1.807, 2.05) is 6.08 Å². The average Bonchev–Trinajstić information content (AvgIpc) is 2.65. The second kappa shape index (κ2) is 24.9. The monoisotopic (exact) mass is 438 g/mol. The van der Waals surface area contributed by atoms with Gasteiger partial charge in [-0.15, -0.1) is 0 Å². The largest absolute Gasteiger partial charge is 1.00 e. The Morgan fingerprint density at radius 3 is 1.17 bits per heavy atom. The molecule has 0 amide bonds. The molecule has 0 saturated heterocycles. The zero-order valence-corrected chi connectivity index (χ0v) is 22.5. The van der Waals surface area contributed by atoms with Crippen LogP contribution in [-0.2, 0) is 10.1 Å². The van der Waals surface area contributed by atoms with Gasteiger partial charge in [-0.25, -0.2) is 8.42 Å². The van der Waals surface area contributed by atoms with Crippen molar-refractivity contribution in [2.75, 3.05) is 5.75 Å². The van der Waals surface area contributed by atoms with Crippen molar-refractivity contribution in [3.63, 3.8) is 0 Å². The molecule has 0 aromatic rings. The second-order valence-corrected chi connectivity index (χ2v) is 9.80. The van der Waals surface area contributed by atoms with Gasteiger partial charge in [0.15, 0.2) is 0 Å². The molecule has 0 heterocycles. The predicted octanol–water partition coefficient (Wildman–Crippen LogP) is 4.91. The molecule has 0 radical (unpaired) electrons. The Morgan fingerprint density at radius 1 is 0.552 bits per heavy atom. The smallest absolute Gasteiger partial charge is 0.748 e. The molecular weight excluding hydrogens is 391 g/mol. The third-order valence-corrected chi connectivity index (χ3v) is 6.04. The molecule has 0 fully saturated rings. The van der Waals surface area contributed by atoms with Gasteiger partial charge in [-0.3, -0.25) is 0 Å². The van der Waals surface area contributed by atoms with Gasteiger partial charge in [-0.2, -0.15) is 0 Å². The van der Waals surface area contributed by atoms with Crippen LogP contribution in [0.25, 0.3) is 0 Å². The minimum absolute atomic E-state index is 0. The molecule has 29 heavy (non-hydrogen) atoms. The Labute approximate surface area is 204 Å². The van der Waals surface area contributed by atoms with E-state index < -0.39 is 10.1 Å². The van der Waals surface area contributed by atoms with Gasteiger partial charge in [0.05, 0.1) is 15.9 Å². The molecule has 5 heteroatoms. The van der Waals surface area contributed by atoms with E-state index >= 15 is 0 Å². The number of rotatable bonds is 22. The third-order valence-electron chi connectivity index (χ3n) is 5.44. The molecule has 0 aromatic carbocycles. The summed E-state index contributed by atoms with van der Waals surface area (Å²) in [5.41, 5.74) is 0. The Bertz CT molecular complexity index is 435. The van der Waals surface area contributed by atoms with Crippen LogP contribution < -0.4 is 29.6 Å². The number of hydrogen-bond acceptors (Lipinski definition) is 3. The molecule has 0 spiro atoms. The van der Waals surface area contributed by atoms with Gasteiger partial charge in [0.2, 0.25) is 0 Å². The van der Waals surface area contributed by atoms with Gasteiger partial charge < -0.3 is 4.55 Å². The summed E-state index contributed by atoms with van der Waals surface area (Å²) >= 11 is 0. The van der Waals surface area contributed by atoms with Crippen LogP contribution in [0.2, 0.25) is 0 Å². The van der Waals surface area contributed by atoms with E-state index in [-0.39, 0.29) is 35.3 Å². The summed E-state index contributed by atoms with van der Waals surface area (Å²) in [5, 5.41) is 0. The van der Waals surface area contributed by atoms with E-state index in [0.717, 1.165) is 12.8 Å². The summed E-state index contributed by atoms with van der Waals surface area (Å²) in [6.45, 7) is 2.28. The van der Waals surface area contributed by atoms with Crippen LogP contribution >= 0.6 is 0 Å². The van der Waals surface area contributed by atoms with E-state index in [9.17, 15) is 13.0 Å². The molecule has 0 aliphatic heterocycles. The zero-order valence-electron chi connectivity index (χ0n) is 19.6. The van der Waals surface area contributed by atoms with Gasteiger partial charge in [0.25, 0.3) is 0 Å². The fourth-order valence-electron chi connectivity index (χ4n) is 3.64. The van der Waals surface area contributed by atoms with Crippen LogP contribution in [0.4, 0.5) is 0 Å². The maximum absolute atomic E-state index is 10.4. The van der Waals surface area contributed by atoms with E-state index in [0.29, 0.717) is 0 Å². The van der Waals surface area contributed by atoms with Crippen molar-refractivity contribution >= 4 is 10.1 Å². The van der Waals surface area contributed by atoms with Crippen molar-refractivity contribution in [3.05, 3.63) is 12.2 Å². The topological polar surface area (TPSA) is 57.2 Å². The first-order chi connectivity index (χ1) is 13.6. The number of hydrogen-bond donors (Lipinski definition) is 0. The molecular formula is C24H47NaO3S. The molecule has 0 aromatic heterocycles. The second-order valence-electron chi connectivity index (χ2n) is 8.35. The fourth-order valence-corrected chi connectivity index (χ4v) is 4.02. The molecule has 0 rings (SSSR count). The normalized spacial score (nSPS) is 11.8. The summed E-state index contributed by atoms with van der Waals surface area (Å²) in [6, 6.07) is 0. The molecule has 168 valence electrons. The summed E-state index contributed by atoms with van der Waals surface area (Å²) in [6.07, 6.45) is 30.3. The van der Waals surface area contributed by atoms with Crippen LogP contribution in [0.5, 0.6) is 0 Å². The SMILES string of the molecule is CCCCCCCCCCCCCCCCCCCCCC=CCS(=O)(=O)[O-].[Na+]. The fraction of sp³-hybridized carbons (Fsp3) is 0.917. The Hall–Kier alpha value is 0.650. The van der Waals surface area contributed by atoms with Crippen molar-refractivity contribution in [1.82, 2.24) is 0 Å². The zero-order chi connectivity index (χ0) is 20.8. The first kappa shape index (κ1) is 31.8. The molecule has 0 bridgehead atoms. The van der Waals surface area contributed by atoms with Crippen LogP contribution in [-0.4, -0.2) is 18.7 Å². The molecule has 3 nitrogen and oxygen atoms in total. The molecule has 0 aliphatic rings. The Balaban J connectivity index is 0. The molecule has 0 atom stereocenters. The quantitative estimate of drug-likeness (QED) is 0.104. The Morgan fingerprint density at radius 2 is 0.862 bits per heavy atom. The van der Waals surface area contributed by atoms with Crippen molar-refractivity contribution in [2.45, 2.75) is 135 Å². The summed E-state index contributed by atoms with van der Waals surface area (Å²) in [7, 11) is -4.09. The van der Waals surface area contributed by atoms with Gasteiger partial charge in [-0.1, -0.05) is 135 Å². The first-order valence-electron chi connectivity index (χ1n) is 12.1. The first-order valence-corrected chi connectivity index (χ1v) is 13.7. The maximum Gasteiger partial charge on any atom is 1.00 e. The van der Waals surface area contributed by atoms with E-state index in [2.05, 4.69) is 6.92 Å². The summed E-state index contributed by atoms with van der Waals surface area (Å²) < 4.78 is 31.3. The van der Waals surface area contributed by atoms with Crippen molar-refractivity contribution < 1.29 is 42.5 Å². The van der Waals surface area contributed by atoms with Crippen molar-refractivity contribution in [1.29, 1.82) is 0 Å². The molecule has 0 aliphatic carbocycles. The van der Waals surface area contributed by atoms with Gasteiger partial charge in [0, 0.05) is 0 Å². The maximum atomic E-state index is 10.4. The summed E-state index contributed by atoms with van der Waals surface area (Å²) in [4.78, 5) is 0. The van der Waals surface area contributed by atoms with Crippen molar-refractivity contribution in [2.24, 2.45) is 0 Å². The van der Waals surface area contributed by atoms with Gasteiger partial charge in [-0.05, 0) is 12.8 Å². The molecule has 0 N–H and O–H groups in total. The number of allylic oxidation sites excluding steroid dienone is 1. The van der Waals surface area contributed by atoms with E-state index in [1.54, 1.807) is 0 Å². The minimum atomic E-state index is -4.09. The van der Waals surface area contributed by atoms with Crippen LogP contribution in [0, 0.1) is 0 Å². The molecule has 0 saturated carbocycles. The predicted molar refractivity (Wildman–Crippen MR) is 122 cm³/mol. The molecule has 0 unspecified atom stereocenters. The van der Waals surface area contributed by atoms with Crippen LogP contribution in [0.1, 0.15) is 135 Å². The van der Waals surface area contributed by atoms with Crippen molar-refractivity contribution in [3.8, 4) is 0 Å². The van der Waals surface area contributed by atoms with Gasteiger partial charge in [0.1, 0.15) is 0 Å². The van der Waals surface area contributed by atoms with Crippen LogP contribution in [0.15, 0.2) is 12.2 Å². The summed E-state index contributed by atoms with van der Waals surface area (Å²) in [5.74, 6) is -0.369. The van der Waals surface area contributed by atoms with E-state index in [4.69, 9.17) is 0 Å². The van der Waals surface area contributed by atoms with E-state index in [1.165, 1.54) is 122 Å². The average molecular weight is 439 g/mol. The number of unbranched alkanes of at least 4 members (excludes halogenated alkanes) is 19. The Kier molecular flexibility index (Phi) is 27.3. The minimum Gasteiger partial charge on any atom is -0.748 e. The van der Waals surface area contributed by atoms with Gasteiger partial charge >= 0.3 is 29.6 Å². The van der Waals surface area contributed by atoms with Crippen LogP contribution in [0.3, 0.4) is 0 Å². The third kappa shape index (κ3) is 30.9. The standard InChI is InChI=1S/C24H48O3S.Na/c1-2-3-4-5-6-7-8-9-10-11-12-13-14-15-16-17-18-19-20-21-22-23-24-28(25,26)27;/h22-23H,2-21,24H2,1H3,(H,25,26,27);/q;+1/p-1.